The minimum Gasteiger partial charge on any atom is -0.497 e. The summed E-state index contributed by atoms with van der Waals surface area (Å²) < 4.78 is 10.5. The van der Waals surface area contributed by atoms with Crippen molar-refractivity contribution in [2.24, 2.45) is 0 Å². The van der Waals surface area contributed by atoms with Crippen LogP contribution in [0.15, 0.2) is 53.9 Å². The van der Waals surface area contributed by atoms with Gasteiger partial charge in [0.1, 0.15) is 16.3 Å². The fraction of sp³-hybridized carbons (Fsp3) is 0.250. The number of ether oxygens (including phenoxy) is 2. The second-order valence-electron chi connectivity index (χ2n) is 6.84. The van der Waals surface area contributed by atoms with Crippen LogP contribution in [0, 0.1) is 6.92 Å². The molecule has 1 aromatic heterocycles. The fourth-order valence-electron chi connectivity index (χ4n) is 3.04. The van der Waals surface area contributed by atoms with Crippen LogP contribution < -0.4 is 10.1 Å². The van der Waals surface area contributed by atoms with Crippen LogP contribution in [0.3, 0.4) is 0 Å². The molecular weight excluding hydrogens is 398 g/mol. The molecule has 1 amide bonds. The van der Waals surface area contributed by atoms with Gasteiger partial charge in [0, 0.05) is 17.4 Å². The number of anilines is 1. The number of aryl methyl sites for hydroxylation is 2. The first-order valence-corrected chi connectivity index (χ1v) is 10.7. The van der Waals surface area contributed by atoms with Crippen molar-refractivity contribution in [3.8, 4) is 16.9 Å². The van der Waals surface area contributed by atoms with Gasteiger partial charge < -0.3 is 14.8 Å². The van der Waals surface area contributed by atoms with Gasteiger partial charge in [-0.1, -0.05) is 42.0 Å². The lowest BCUT2D eigenvalue weighted by atomic mass is 10.0. The van der Waals surface area contributed by atoms with Crippen molar-refractivity contribution in [1.82, 2.24) is 0 Å². The Hall–Kier alpha value is -3.12. The van der Waals surface area contributed by atoms with Crippen molar-refractivity contribution in [2.45, 2.75) is 26.7 Å². The van der Waals surface area contributed by atoms with Crippen molar-refractivity contribution in [2.75, 3.05) is 19.0 Å². The summed E-state index contributed by atoms with van der Waals surface area (Å²) in [5.74, 6) is 0.152. The molecule has 0 bridgehead atoms. The predicted molar refractivity (Wildman–Crippen MR) is 120 cm³/mol. The predicted octanol–water partition coefficient (Wildman–Crippen LogP) is 5.48. The molecule has 3 aromatic rings. The molecule has 3 rings (SSSR count). The zero-order valence-electron chi connectivity index (χ0n) is 17.4. The summed E-state index contributed by atoms with van der Waals surface area (Å²) in [6, 6.07) is 15.6. The molecule has 0 unspecified atom stereocenters. The van der Waals surface area contributed by atoms with Crippen molar-refractivity contribution in [1.29, 1.82) is 0 Å². The molecule has 5 nitrogen and oxygen atoms in total. The number of benzene rings is 2. The minimum absolute atomic E-state index is 0.135. The molecule has 0 fully saturated rings. The molecule has 156 valence electrons. The third kappa shape index (κ3) is 5.27. The van der Waals surface area contributed by atoms with E-state index in [-0.39, 0.29) is 12.5 Å². The summed E-state index contributed by atoms with van der Waals surface area (Å²) in [7, 11) is 1.61. The van der Waals surface area contributed by atoms with E-state index >= 15 is 0 Å². The van der Waals surface area contributed by atoms with E-state index in [0.29, 0.717) is 23.4 Å². The second-order valence-corrected chi connectivity index (χ2v) is 7.72. The molecule has 0 aliphatic heterocycles. The molecule has 0 aliphatic carbocycles. The lowest BCUT2D eigenvalue weighted by molar-refractivity contribution is -0.116. The Morgan fingerprint density at radius 3 is 2.37 bits per heavy atom. The van der Waals surface area contributed by atoms with Gasteiger partial charge in [-0.15, -0.1) is 11.3 Å². The van der Waals surface area contributed by atoms with Crippen molar-refractivity contribution < 1.29 is 19.1 Å². The number of carbonyl (C=O) groups is 2. The van der Waals surface area contributed by atoms with Gasteiger partial charge in [0.25, 0.3) is 0 Å². The number of nitrogens with one attached hydrogen (secondary N) is 1. The van der Waals surface area contributed by atoms with Crippen LogP contribution in [0.5, 0.6) is 5.75 Å². The van der Waals surface area contributed by atoms with E-state index in [2.05, 4.69) is 5.32 Å². The van der Waals surface area contributed by atoms with Gasteiger partial charge in [0.2, 0.25) is 5.91 Å². The topological polar surface area (TPSA) is 64.6 Å². The molecule has 0 atom stereocenters. The highest BCUT2D eigenvalue weighted by molar-refractivity contribution is 7.15. The van der Waals surface area contributed by atoms with Gasteiger partial charge >= 0.3 is 5.97 Å². The maximum absolute atomic E-state index is 12.6. The van der Waals surface area contributed by atoms with Gasteiger partial charge in [0.15, 0.2) is 0 Å². The Kier molecular flexibility index (Phi) is 7.25. The van der Waals surface area contributed by atoms with Crippen molar-refractivity contribution in [3.63, 3.8) is 0 Å². The van der Waals surface area contributed by atoms with Crippen LogP contribution in [-0.4, -0.2) is 25.6 Å². The molecule has 0 aliphatic rings. The number of hydrogen-bond acceptors (Lipinski definition) is 5. The Balaban J connectivity index is 1.79. The molecule has 0 saturated carbocycles. The molecule has 0 spiro atoms. The quantitative estimate of drug-likeness (QED) is 0.487. The zero-order valence-corrected chi connectivity index (χ0v) is 18.2. The first kappa shape index (κ1) is 21.6. The third-order valence-corrected chi connectivity index (χ3v) is 5.58. The van der Waals surface area contributed by atoms with Gasteiger partial charge in [-0.05, 0) is 43.5 Å². The Bertz CT molecular complexity index is 1010. The maximum atomic E-state index is 12.6. The monoisotopic (exact) mass is 423 g/mol. The molecule has 0 radical (unpaired) electrons. The molecular formula is C24H25NO4S. The SMILES string of the molecule is CCOC(=O)c1c(-c2ccc(OC)cc2)csc1NC(=O)CCc1ccc(C)cc1. The summed E-state index contributed by atoms with van der Waals surface area (Å²) in [4.78, 5) is 25.2. The van der Waals surface area contributed by atoms with Crippen molar-refractivity contribution in [3.05, 3.63) is 70.6 Å². The van der Waals surface area contributed by atoms with E-state index < -0.39 is 5.97 Å². The Morgan fingerprint density at radius 2 is 1.73 bits per heavy atom. The van der Waals surface area contributed by atoms with Crippen LogP contribution in [0.25, 0.3) is 11.1 Å². The number of thiophene rings is 1. The number of amides is 1. The molecule has 0 saturated heterocycles. The first-order valence-electron chi connectivity index (χ1n) is 9.80. The highest BCUT2D eigenvalue weighted by atomic mass is 32.1. The Labute approximate surface area is 180 Å². The van der Waals surface area contributed by atoms with Gasteiger partial charge in [-0.25, -0.2) is 4.79 Å². The molecule has 1 N–H and O–H groups in total. The number of carbonyl (C=O) groups excluding carboxylic acids is 2. The maximum Gasteiger partial charge on any atom is 0.341 e. The number of rotatable bonds is 8. The molecule has 30 heavy (non-hydrogen) atoms. The largest absolute Gasteiger partial charge is 0.497 e. The van der Waals surface area contributed by atoms with E-state index in [1.807, 2.05) is 60.8 Å². The van der Waals surface area contributed by atoms with Gasteiger partial charge in [-0.3, -0.25) is 4.79 Å². The number of esters is 1. The van der Waals surface area contributed by atoms with Crippen molar-refractivity contribution >= 4 is 28.2 Å². The highest BCUT2D eigenvalue weighted by Gasteiger charge is 2.22. The normalized spacial score (nSPS) is 10.5. The van der Waals surface area contributed by atoms with E-state index in [1.165, 1.54) is 16.9 Å². The lowest BCUT2D eigenvalue weighted by Crippen LogP contribution is -2.15. The van der Waals surface area contributed by atoms with E-state index in [0.717, 1.165) is 22.4 Å². The van der Waals surface area contributed by atoms with E-state index in [9.17, 15) is 9.59 Å². The van der Waals surface area contributed by atoms with Crippen LogP contribution in [0.4, 0.5) is 5.00 Å². The summed E-state index contributed by atoms with van der Waals surface area (Å²) in [6.07, 6.45) is 0.971. The summed E-state index contributed by atoms with van der Waals surface area (Å²) in [5, 5.41) is 5.27. The van der Waals surface area contributed by atoms with Crippen LogP contribution in [0.2, 0.25) is 0 Å². The zero-order chi connectivity index (χ0) is 21.5. The third-order valence-electron chi connectivity index (χ3n) is 4.69. The minimum atomic E-state index is -0.446. The second kappa shape index (κ2) is 10.1. The lowest BCUT2D eigenvalue weighted by Gasteiger charge is -2.09. The molecule has 6 heteroatoms. The smallest absolute Gasteiger partial charge is 0.341 e. The van der Waals surface area contributed by atoms with E-state index in [4.69, 9.17) is 9.47 Å². The first-order chi connectivity index (χ1) is 14.5. The summed E-state index contributed by atoms with van der Waals surface area (Å²) in [6.45, 7) is 4.05. The summed E-state index contributed by atoms with van der Waals surface area (Å²) in [5.41, 5.74) is 4.26. The number of methoxy groups -OCH3 is 1. The number of hydrogen-bond donors (Lipinski definition) is 1. The molecule has 2 aromatic carbocycles. The molecule has 1 heterocycles. The highest BCUT2D eigenvalue weighted by Crippen LogP contribution is 2.37. The summed E-state index contributed by atoms with van der Waals surface area (Å²) >= 11 is 1.32. The van der Waals surface area contributed by atoms with Gasteiger partial charge in [0.05, 0.1) is 13.7 Å². The standard InChI is InChI=1S/C24H25NO4S/c1-4-29-24(27)22-20(18-10-12-19(28-3)13-11-18)15-30-23(22)25-21(26)14-9-17-7-5-16(2)6-8-17/h5-8,10-13,15H,4,9,14H2,1-3H3,(H,25,26). The average molecular weight is 424 g/mol. The van der Waals surface area contributed by atoms with Gasteiger partial charge in [-0.2, -0.15) is 0 Å². The van der Waals surface area contributed by atoms with Crippen LogP contribution in [-0.2, 0) is 16.0 Å². The van der Waals surface area contributed by atoms with Crippen LogP contribution in [0.1, 0.15) is 34.8 Å². The van der Waals surface area contributed by atoms with Crippen LogP contribution >= 0.6 is 11.3 Å². The Morgan fingerprint density at radius 1 is 1.03 bits per heavy atom. The fourth-order valence-corrected chi connectivity index (χ4v) is 4.01. The average Bonchev–Trinajstić information content (AvgIpc) is 3.17. The van der Waals surface area contributed by atoms with E-state index in [1.54, 1.807) is 14.0 Å².